The molecule has 0 aliphatic carbocycles. The monoisotopic (exact) mass is 750 g/mol. The molecular formula is C42H51ClN8O3. The van der Waals surface area contributed by atoms with Crippen molar-refractivity contribution in [1.29, 1.82) is 0 Å². The maximum Gasteiger partial charge on any atom is 0.122 e. The van der Waals surface area contributed by atoms with E-state index in [2.05, 4.69) is 41.9 Å². The Morgan fingerprint density at radius 3 is 1.44 bits per heavy atom. The van der Waals surface area contributed by atoms with E-state index in [1.807, 2.05) is 82.1 Å². The van der Waals surface area contributed by atoms with E-state index < -0.39 is 0 Å². The number of nitrogens with zero attached hydrogens (tertiary/aromatic N) is 8. The van der Waals surface area contributed by atoms with E-state index in [-0.39, 0.29) is 0 Å². The lowest BCUT2D eigenvalue weighted by Gasteiger charge is -2.36. The molecular weight excluding hydrogens is 700 g/mol. The van der Waals surface area contributed by atoms with Gasteiger partial charge in [-0.05, 0) is 112 Å². The zero-order valence-electron chi connectivity index (χ0n) is 30.9. The minimum atomic E-state index is 0.324. The molecule has 0 bridgehead atoms. The Balaban J connectivity index is 0.000000167. The Hall–Kier alpha value is -4.97. The van der Waals surface area contributed by atoms with Gasteiger partial charge in [0.15, 0.2) is 0 Å². The van der Waals surface area contributed by atoms with E-state index >= 15 is 0 Å². The van der Waals surface area contributed by atoms with Gasteiger partial charge in [-0.25, -0.2) is 9.03 Å². The minimum absolute atomic E-state index is 0.324. The van der Waals surface area contributed by atoms with Gasteiger partial charge in [0.2, 0.25) is 0 Å². The first-order chi connectivity index (χ1) is 26.6. The molecule has 284 valence electrons. The lowest BCUT2D eigenvalue weighted by Crippen LogP contribution is -2.46. The Kier molecular flexibility index (Phi) is 13.1. The lowest BCUT2D eigenvalue weighted by molar-refractivity contribution is 0.238. The summed E-state index contributed by atoms with van der Waals surface area (Å²) in [6, 6.07) is 27.6. The van der Waals surface area contributed by atoms with E-state index in [0.717, 1.165) is 132 Å². The van der Waals surface area contributed by atoms with Crippen LogP contribution in [0, 0.1) is 0 Å². The Morgan fingerprint density at radius 1 is 0.537 bits per heavy atom. The highest BCUT2D eigenvalue weighted by molar-refractivity contribution is 6.30. The molecule has 0 saturated carbocycles. The summed E-state index contributed by atoms with van der Waals surface area (Å²) in [6.45, 7) is 12.4. The van der Waals surface area contributed by atoms with Crippen molar-refractivity contribution in [3.63, 3.8) is 0 Å². The zero-order chi connectivity index (χ0) is 37.0. The van der Waals surface area contributed by atoms with Gasteiger partial charge in [0.25, 0.3) is 0 Å². The standard InChI is InChI=1S/C21H25ClN4O.C21H26N4O2/c22-18-3-5-19(6-4-18)25-14-12-24(13-15-25)10-1-2-16-27-21-8-11-26-20(17-21)7-9-23-26;26-20-5-3-18(4-6-20)24-14-12-23(13-15-24)10-1-2-16-27-21-8-11-25-19(17-21)7-9-22-25/h3-9,11,17H,1-2,10,12-16H2;3-9,11,17,26H,1-2,10,12-16H2. The molecule has 6 heterocycles. The Bertz CT molecular complexity index is 1860. The van der Waals surface area contributed by atoms with Crippen LogP contribution < -0.4 is 19.3 Å². The molecule has 0 radical (unpaired) electrons. The first-order valence-electron chi connectivity index (χ1n) is 19.2. The molecule has 1 N–H and O–H groups in total. The highest BCUT2D eigenvalue weighted by Crippen LogP contribution is 2.22. The molecule has 12 heteroatoms. The summed E-state index contributed by atoms with van der Waals surface area (Å²) in [5.74, 6) is 2.15. The number of aromatic hydroxyl groups is 1. The summed E-state index contributed by atoms with van der Waals surface area (Å²) >= 11 is 5.98. The number of unbranched alkanes of at least 4 members (excludes halogenated alkanes) is 2. The second-order valence-electron chi connectivity index (χ2n) is 13.9. The minimum Gasteiger partial charge on any atom is -0.508 e. The first kappa shape index (κ1) is 37.3. The maximum absolute atomic E-state index is 9.41. The van der Waals surface area contributed by atoms with Crippen LogP contribution in [0.1, 0.15) is 25.7 Å². The molecule has 4 aromatic heterocycles. The van der Waals surface area contributed by atoms with Crippen molar-refractivity contribution in [2.75, 3.05) is 88.5 Å². The molecule has 0 amide bonds. The topological polar surface area (TPSA) is 86.3 Å². The molecule has 0 spiro atoms. The molecule has 2 saturated heterocycles. The van der Waals surface area contributed by atoms with Gasteiger partial charge in [0.05, 0.1) is 24.2 Å². The number of piperazine rings is 2. The molecule has 54 heavy (non-hydrogen) atoms. The summed E-state index contributed by atoms with van der Waals surface area (Å²) in [5.41, 5.74) is 4.57. The SMILES string of the molecule is Clc1ccc(N2CCN(CCCCOc3ccn4nccc4c3)CC2)cc1.Oc1ccc(N2CCN(CCCCOc3ccn4nccc4c3)CC2)cc1. The Morgan fingerprint density at radius 2 is 0.981 bits per heavy atom. The van der Waals surface area contributed by atoms with Crippen molar-refractivity contribution in [2.24, 2.45) is 0 Å². The molecule has 0 atom stereocenters. The number of phenolic OH excluding ortho intramolecular Hbond substituents is 1. The number of hydrogen-bond donors (Lipinski definition) is 1. The molecule has 2 aliphatic rings. The average molecular weight is 751 g/mol. The van der Waals surface area contributed by atoms with Crippen LogP contribution >= 0.6 is 11.6 Å². The van der Waals surface area contributed by atoms with Gasteiger partial charge >= 0.3 is 0 Å². The Labute approximate surface area is 322 Å². The van der Waals surface area contributed by atoms with Crippen molar-refractivity contribution >= 4 is 34.0 Å². The highest BCUT2D eigenvalue weighted by Gasteiger charge is 2.18. The third kappa shape index (κ3) is 10.6. The number of benzene rings is 2. The van der Waals surface area contributed by atoms with Crippen LogP contribution in [0.25, 0.3) is 11.0 Å². The summed E-state index contributed by atoms with van der Waals surface area (Å²) in [4.78, 5) is 9.88. The molecule has 8 rings (SSSR count). The predicted octanol–water partition coefficient (Wildman–Crippen LogP) is 6.99. The number of rotatable bonds is 14. The lowest BCUT2D eigenvalue weighted by atomic mass is 10.2. The average Bonchev–Trinajstić information content (AvgIpc) is 3.89. The maximum atomic E-state index is 9.41. The van der Waals surface area contributed by atoms with E-state index in [4.69, 9.17) is 21.1 Å². The second kappa shape index (κ2) is 18.9. The van der Waals surface area contributed by atoms with Crippen LogP contribution in [0.4, 0.5) is 11.4 Å². The first-order valence-corrected chi connectivity index (χ1v) is 19.6. The van der Waals surface area contributed by atoms with E-state index in [1.54, 1.807) is 24.5 Å². The fourth-order valence-electron chi connectivity index (χ4n) is 7.01. The molecule has 11 nitrogen and oxygen atoms in total. The summed E-state index contributed by atoms with van der Waals surface area (Å²) in [6.07, 6.45) is 11.9. The van der Waals surface area contributed by atoms with Crippen LogP contribution in [0.2, 0.25) is 5.02 Å². The van der Waals surface area contributed by atoms with Crippen LogP contribution in [0.3, 0.4) is 0 Å². The normalized spacial score (nSPS) is 15.4. The number of anilines is 2. The van der Waals surface area contributed by atoms with Crippen molar-refractivity contribution < 1.29 is 14.6 Å². The largest absolute Gasteiger partial charge is 0.508 e. The van der Waals surface area contributed by atoms with Gasteiger partial charge in [-0.15, -0.1) is 0 Å². The molecule has 2 aliphatic heterocycles. The van der Waals surface area contributed by atoms with Gasteiger partial charge in [-0.2, -0.15) is 10.2 Å². The van der Waals surface area contributed by atoms with E-state index in [1.165, 1.54) is 11.4 Å². The summed E-state index contributed by atoms with van der Waals surface area (Å²) in [5, 5.41) is 18.6. The molecule has 2 fully saturated rings. The van der Waals surface area contributed by atoms with Crippen LogP contribution in [-0.4, -0.2) is 113 Å². The fraction of sp³-hybridized carbons (Fsp3) is 0.381. The van der Waals surface area contributed by atoms with Gasteiger partial charge in [0.1, 0.15) is 17.2 Å². The number of fused-ring (bicyclic) bond motifs is 2. The van der Waals surface area contributed by atoms with Gasteiger partial charge in [-0.1, -0.05) is 11.6 Å². The van der Waals surface area contributed by atoms with Crippen molar-refractivity contribution in [3.8, 4) is 17.2 Å². The fourth-order valence-corrected chi connectivity index (χ4v) is 7.14. The number of phenols is 1. The number of hydrogen-bond acceptors (Lipinski definition) is 9. The number of aromatic nitrogens is 4. The van der Waals surface area contributed by atoms with E-state index in [9.17, 15) is 5.11 Å². The summed E-state index contributed by atoms with van der Waals surface area (Å²) in [7, 11) is 0. The molecule has 6 aromatic rings. The molecule has 0 unspecified atom stereocenters. The quantitative estimate of drug-likeness (QED) is 0.119. The van der Waals surface area contributed by atoms with Crippen LogP contribution in [0.15, 0.2) is 110 Å². The van der Waals surface area contributed by atoms with E-state index in [0.29, 0.717) is 5.75 Å². The van der Waals surface area contributed by atoms with Crippen molar-refractivity contribution in [2.45, 2.75) is 25.7 Å². The summed E-state index contributed by atoms with van der Waals surface area (Å²) < 4.78 is 15.4. The highest BCUT2D eigenvalue weighted by atomic mass is 35.5. The number of halogens is 1. The number of ether oxygens (including phenoxy) is 2. The smallest absolute Gasteiger partial charge is 0.122 e. The third-order valence-electron chi connectivity index (χ3n) is 10.2. The molecule has 2 aromatic carbocycles. The van der Waals surface area contributed by atoms with Gasteiger partial charge in [-0.3, -0.25) is 9.80 Å². The number of pyridine rings is 2. The second-order valence-corrected chi connectivity index (χ2v) is 14.3. The van der Waals surface area contributed by atoms with Crippen LogP contribution in [-0.2, 0) is 0 Å². The van der Waals surface area contributed by atoms with Crippen molar-refractivity contribution in [3.05, 3.63) is 115 Å². The van der Waals surface area contributed by atoms with Gasteiger partial charge < -0.3 is 24.4 Å². The zero-order valence-corrected chi connectivity index (χ0v) is 31.7. The van der Waals surface area contributed by atoms with Crippen LogP contribution in [0.5, 0.6) is 17.2 Å². The van der Waals surface area contributed by atoms with Crippen molar-refractivity contribution in [1.82, 2.24) is 29.0 Å². The van der Waals surface area contributed by atoms with Gasteiger partial charge in [0, 0.05) is 106 Å². The third-order valence-corrected chi connectivity index (χ3v) is 10.4. The predicted molar refractivity (Wildman–Crippen MR) is 217 cm³/mol.